The molecular formula is C23H26N4O5S. The summed E-state index contributed by atoms with van der Waals surface area (Å²) >= 11 is 1.46. The second-order valence-corrected chi connectivity index (χ2v) is 9.91. The molecule has 2 aromatic rings. The lowest BCUT2D eigenvalue weighted by atomic mass is 9.77. The number of ether oxygens (including phenoxy) is 3. The SMILES string of the molecule is COc1ccc2sc(N3C[C@@]45C=C[C@@H](O4)C(C(=O)NCCN4CCOCC4)C5C3=O)nc2c1. The molecule has 0 aliphatic carbocycles. The van der Waals surface area contributed by atoms with Crippen LogP contribution in [0.25, 0.3) is 10.2 Å². The molecule has 2 amide bonds. The molecule has 1 aromatic heterocycles. The first kappa shape index (κ1) is 21.0. The van der Waals surface area contributed by atoms with Gasteiger partial charge in [-0.15, -0.1) is 0 Å². The average molecular weight is 471 g/mol. The zero-order chi connectivity index (χ0) is 22.6. The van der Waals surface area contributed by atoms with Crippen molar-refractivity contribution in [2.75, 3.05) is 57.9 Å². The van der Waals surface area contributed by atoms with Gasteiger partial charge in [0.25, 0.3) is 0 Å². The quantitative estimate of drug-likeness (QED) is 0.631. The number of methoxy groups -OCH3 is 1. The number of benzene rings is 1. The van der Waals surface area contributed by atoms with Gasteiger partial charge in [-0.25, -0.2) is 4.98 Å². The van der Waals surface area contributed by atoms with E-state index in [2.05, 4.69) is 15.2 Å². The largest absolute Gasteiger partial charge is 0.497 e. The molecule has 3 saturated heterocycles. The smallest absolute Gasteiger partial charge is 0.236 e. The highest BCUT2D eigenvalue weighted by atomic mass is 32.1. The summed E-state index contributed by atoms with van der Waals surface area (Å²) in [5.74, 6) is -0.541. The summed E-state index contributed by atoms with van der Waals surface area (Å²) in [5, 5.41) is 3.67. The Morgan fingerprint density at radius 3 is 3.03 bits per heavy atom. The zero-order valence-electron chi connectivity index (χ0n) is 18.4. The van der Waals surface area contributed by atoms with E-state index in [1.54, 1.807) is 12.0 Å². The van der Waals surface area contributed by atoms with Gasteiger partial charge in [0.1, 0.15) is 11.4 Å². The molecule has 5 heterocycles. The van der Waals surface area contributed by atoms with Crippen LogP contribution in [0.15, 0.2) is 30.4 Å². The van der Waals surface area contributed by atoms with E-state index in [1.807, 2.05) is 30.4 Å². The van der Waals surface area contributed by atoms with Crippen LogP contribution < -0.4 is 15.0 Å². The molecule has 33 heavy (non-hydrogen) atoms. The number of amides is 2. The van der Waals surface area contributed by atoms with Crippen molar-refractivity contribution in [3.05, 3.63) is 30.4 Å². The molecule has 4 aliphatic heterocycles. The normalized spacial score (nSPS) is 30.9. The van der Waals surface area contributed by atoms with Crippen LogP contribution in [0, 0.1) is 11.8 Å². The lowest BCUT2D eigenvalue weighted by molar-refractivity contribution is -0.132. The van der Waals surface area contributed by atoms with Gasteiger partial charge < -0.3 is 19.5 Å². The topological polar surface area (TPSA) is 93.2 Å². The number of hydrogen-bond donors (Lipinski definition) is 1. The summed E-state index contributed by atoms with van der Waals surface area (Å²) in [6.07, 6.45) is 3.54. The number of nitrogens with zero attached hydrogens (tertiary/aromatic N) is 3. The Hall–Kier alpha value is -2.53. The van der Waals surface area contributed by atoms with E-state index in [0.29, 0.717) is 18.2 Å². The summed E-state index contributed by atoms with van der Waals surface area (Å²) in [5.41, 5.74) is 0.0265. The Morgan fingerprint density at radius 1 is 1.36 bits per heavy atom. The molecular weight excluding hydrogens is 444 g/mol. The maximum atomic E-state index is 13.6. The molecule has 1 N–H and O–H groups in total. The van der Waals surface area contributed by atoms with Crippen LogP contribution in [0.5, 0.6) is 5.75 Å². The van der Waals surface area contributed by atoms with E-state index in [9.17, 15) is 9.59 Å². The fraction of sp³-hybridized carbons (Fsp3) is 0.522. The standard InChI is InChI=1S/C23H26N4O5S/c1-30-14-2-3-17-15(12-14)25-22(33-17)27-13-23-5-4-16(32-23)18(19(23)21(27)29)20(28)24-6-7-26-8-10-31-11-9-26/h2-5,12,16,18-19H,6-11,13H2,1H3,(H,24,28)/t16-,18?,19?,23-/m1/s1. The predicted octanol–water partition coefficient (Wildman–Crippen LogP) is 1.04. The molecule has 2 bridgehead atoms. The minimum Gasteiger partial charge on any atom is -0.497 e. The minimum absolute atomic E-state index is 0.0961. The van der Waals surface area contributed by atoms with E-state index >= 15 is 0 Å². The number of carbonyl (C=O) groups excluding carboxylic acids is 2. The fourth-order valence-corrected chi connectivity index (χ4v) is 6.33. The van der Waals surface area contributed by atoms with Crippen molar-refractivity contribution in [1.29, 1.82) is 0 Å². The molecule has 0 radical (unpaired) electrons. The molecule has 9 nitrogen and oxygen atoms in total. The molecule has 1 aromatic carbocycles. The van der Waals surface area contributed by atoms with Gasteiger partial charge in [-0.2, -0.15) is 0 Å². The van der Waals surface area contributed by atoms with Crippen molar-refractivity contribution in [1.82, 2.24) is 15.2 Å². The number of morpholine rings is 1. The highest BCUT2D eigenvalue weighted by Gasteiger charge is 2.67. The maximum Gasteiger partial charge on any atom is 0.236 e. The van der Waals surface area contributed by atoms with Crippen molar-refractivity contribution < 1.29 is 23.8 Å². The van der Waals surface area contributed by atoms with Gasteiger partial charge in [0.2, 0.25) is 11.8 Å². The van der Waals surface area contributed by atoms with Crippen LogP contribution in [0.1, 0.15) is 0 Å². The number of rotatable bonds is 6. The van der Waals surface area contributed by atoms with E-state index in [1.165, 1.54) is 11.3 Å². The van der Waals surface area contributed by atoms with E-state index in [-0.39, 0.29) is 17.9 Å². The summed E-state index contributed by atoms with van der Waals surface area (Å²) in [6.45, 7) is 4.90. The predicted molar refractivity (Wildman–Crippen MR) is 123 cm³/mol. The van der Waals surface area contributed by atoms with Gasteiger partial charge >= 0.3 is 0 Å². The second kappa shape index (κ2) is 8.05. The average Bonchev–Trinajstić information content (AvgIpc) is 3.58. The van der Waals surface area contributed by atoms with Crippen LogP contribution >= 0.6 is 11.3 Å². The third-order valence-corrected chi connectivity index (χ3v) is 8.11. The number of hydrogen-bond acceptors (Lipinski definition) is 8. The number of nitrogens with one attached hydrogen (secondary N) is 1. The lowest BCUT2D eigenvalue weighted by Gasteiger charge is -2.27. The van der Waals surface area contributed by atoms with Crippen molar-refractivity contribution in [3.8, 4) is 5.75 Å². The van der Waals surface area contributed by atoms with Gasteiger partial charge in [-0.1, -0.05) is 23.5 Å². The first-order chi connectivity index (χ1) is 16.1. The van der Waals surface area contributed by atoms with Crippen LogP contribution in [-0.2, 0) is 19.1 Å². The van der Waals surface area contributed by atoms with E-state index in [4.69, 9.17) is 14.2 Å². The summed E-state index contributed by atoms with van der Waals surface area (Å²) in [4.78, 5) is 35.3. The van der Waals surface area contributed by atoms with Crippen molar-refractivity contribution in [3.63, 3.8) is 0 Å². The van der Waals surface area contributed by atoms with E-state index < -0.39 is 17.4 Å². The Bertz CT molecular complexity index is 1130. The van der Waals surface area contributed by atoms with Gasteiger partial charge in [-0.05, 0) is 12.1 Å². The number of fused-ring (bicyclic) bond motifs is 2. The van der Waals surface area contributed by atoms with Crippen molar-refractivity contribution in [2.45, 2.75) is 11.7 Å². The molecule has 1 spiro atoms. The van der Waals surface area contributed by atoms with Gasteiger partial charge in [0.15, 0.2) is 5.13 Å². The molecule has 10 heteroatoms. The van der Waals surface area contributed by atoms with Crippen molar-refractivity contribution >= 4 is 38.5 Å². The molecule has 2 unspecified atom stereocenters. The molecule has 4 atom stereocenters. The first-order valence-corrected chi connectivity index (χ1v) is 12.1. The van der Waals surface area contributed by atoms with Crippen LogP contribution in [0.4, 0.5) is 5.13 Å². The van der Waals surface area contributed by atoms with E-state index in [0.717, 1.165) is 48.8 Å². The van der Waals surface area contributed by atoms with Crippen LogP contribution in [-0.4, -0.2) is 86.5 Å². The van der Waals surface area contributed by atoms with Crippen LogP contribution in [0.2, 0.25) is 0 Å². The Kier molecular flexibility index (Phi) is 5.13. The second-order valence-electron chi connectivity index (χ2n) is 8.90. The van der Waals surface area contributed by atoms with Crippen molar-refractivity contribution in [2.24, 2.45) is 11.8 Å². The summed E-state index contributed by atoms with van der Waals surface area (Å²) in [7, 11) is 1.62. The number of anilines is 1. The highest BCUT2D eigenvalue weighted by Crippen LogP contribution is 2.53. The fourth-order valence-electron chi connectivity index (χ4n) is 5.38. The third-order valence-electron chi connectivity index (χ3n) is 7.05. The zero-order valence-corrected chi connectivity index (χ0v) is 19.2. The summed E-state index contributed by atoms with van der Waals surface area (Å²) in [6, 6.07) is 5.69. The number of carbonyl (C=O) groups is 2. The minimum atomic E-state index is -0.760. The van der Waals surface area contributed by atoms with Gasteiger partial charge in [0, 0.05) is 32.2 Å². The first-order valence-electron chi connectivity index (χ1n) is 11.3. The monoisotopic (exact) mass is 470 g/mol. The van der Waals surface area contributed by atoms with Gasteiger partial charge in [-0.3, -0.25) is 19.4 Å². The van der Waals surface area contributed by atoms with Crippen LogP contribution in [0.3, 0.4) is 0 Å². The molecule has 4 aliphatic rings. The molecule has 0 saturated carbocycles. The third kappa shape index (κ3) is 3.43. The summed E-state index contributed by atoms with van der Waals surface area (Å²) < 4.78 is 17.9. The lowest BCUT2D eigenvalue weighted by Crippen LogP contribution is -2.46. The Morgan fingerprint density at radius 2 is 2.21 bits per heavy atom. The molecule has 6 rings (SSSR count). The number of thiazole rings is 1. The Labute approximate surface area is 195 Å². The number of aromatic nitrogens is 1. The Balaban J connectivity index is 1.19. The molecule has 174 valence electrons. The highest BCUT2D eigenvalue weighted by molar-refractivity contribution is 7.22. The van der Waals surface area contributed by atoms with Gasteiger partial charge in [0.05, 0.1) is 55.0 Å². The molecule has 3 fully saturated rings. The maximum absolute atomic E-state index is 13.6.